The molecular weight excluding hydrogens is 234 g/mol. The van der Waals surface area contributed by atoms with Gasteiger partial charge in [-0.05, 0) is 28.0 Å². The Morgan fingerprint density at radius 3 is 1.61 bits per heavy atom. The molecule has 0 N–H and O–H groups in total. The molecule has 0 aliphatic rings. The van der Waals surface area contributed by atoms with E-state index >= 15 is 0 Å². The molecule has 1 nitrogen and oxygen atoms in total. The van der Waals surface area contributed by atoms with Crippen LogP contribution in [0.25, 0.3) is 0 Å². The summed E-state index contributed by atoms with van der Waals surface area (Å²) < 4.78 is 0. The van der Waals surface area contributed by atoms with E-state index in [4.69, 9.17) is 0 Å². The number of nitrogens with zero attached hydrogens (tertiary/aromatic N) is 1. The Kier molecular flexibility index (Phi) is 4.02. The van der Waals surface area contributed by atoms with Crippen molar-refractivity contribution in [1.29, 1.82) is 0 Å². The van der Waals surface area contributed by atoms with Gasteiger partial charge in [0.2, 0.25) is 0 Å². The molecule has 0 atom stereocenters. The van der Waals surface area contributed by atoms with E-state index in [1.807, 2.05) is 0 Å². The van der Waals surface area contributed by atoms with E-state index in [0.717, 1.165) is 10.2 Å². The van der Waals surface area contributed by atoms with Gasteiger partial charge in [0.15, 0.2) is 0 Å². The topological polar surface area (TPSA) is 3.24 Å². The van der Waals surface area contributed by atoms with Crippen molar-refractivity contribution in [2.75, 3.05) is 19.0 Å². The minimum Gasteiger partial charge on any atom is -0.377 e. The summed E-state index contributed by atoms with van der Waals surface area (Å²) in [5, 5.41) is 1.54. The van der Waals surface area contributed by atoms with Gasteiger partial charge in [-0.25, -0.2) is 0 Å². The second kappa shape index (κ2) is 4.73. The number of hydrogen-bond donors (Lipinski definition) is 0. The lowest BCUT2D eigenvalue weighted by molar-refractivity contribution is 0.533. The Morgan fingerprint density at radius 2 is 1.28 bits per heavy atom. The summed E-state index contributed by atoms with van der Waals surface area (Å²) in [5.74, 6) is 0. The SMILES string of the molecule is CN(C)c1ccc([SiH3])c(C(C)(C)C)c1C(C)(C)C. The summed E-state index contributed by atoms with van der Waals surface area (Å²) >= 11 is 0. The fourth-order valence-electron chi connectivity index (χ4n) is 2.79. The Hall–Kier alpha value is -0.763. The highest BCUT2D eigenvalue weighted by Crippen LogP contribution is 2.38. The van der Waals surface area contributed by atoms with Crippen LogP contribution >= 0.6 is 0 Å². The van der Waals surface area contributed by atoms with Crippen LogP contribution in [0.1, 0.15) is 52.7 Å². The van der Waals surface area contributed by atoms with Crippen molar-refractivity contribution in [3.8, 4) is 0 Å². The number of hydrogen-bond acceptors (Lipinski definition) is 1. The minimum absolute atomic E-state index is 0.183. The quantitative estimate of drug-likeness (QED) is 0.703. The zero-order valence-electron chi connectivity index (χ0n) is 13.6. The Bertz CT molecular complexity index is 434. The highest BCUT2D eigenvalue weighted by Gasteiger charge is 2.29. The summed E-state index contributed by atoms with van der Waals surface area (Å²) in [6.07, 6.45) is 0. The Morgan fingerprint density at radius 1 is 0.833 bits per heavy atom. The summed E-state index contributed by atoms with van der Waals surface area (Å²) in [6.45, 7) is 14.0. The standard InChI is InChI=1S/C16H29NSi/c1-15(2,3)13-11(17(7)8)9-10-12(18)14(13)16(4,5)6/h9-10H,1-8,18H3. The molecule has 1 rings (SSSR count). The summed E-state index contributed by atoms with van der Waals surface area (Å²) in [7, 11) is 5.40. The lowest BCUT2D eigenvalue weighted by atomic mass is 9.74. The first-order chi connectivity index (χ1) is 7.96. The van der Waals surface area contributed by atoms with Crippen molar-refractivity contribution >= 4 is 21.1 Å². The van der Waals surface area contributed by atoms with Gasteiger partial charge >= 0.3 is 0 Å². The third kappa shape index (κ3) is 2.97. The molecule has 0 amide bonds. The first-order valence-electron chi connectivity index (χ1n) is 6.78. The molecule has 0 unspecified atom stereocenters. The van der Waals surface area contributed by atoms with Crippen LogP contribution < -0.4 is 10.1 Å². The molecule has 0 aliphatic heterocycles. The van der Waals surface area contributed by atoms with Gasteiger partial charge in [0, 0.05) is 30.0 Å². The van der Waals surface area contributed by atoms with E-state index in [-0.39, 0.29) is 10.8 Å². The number of rotatable bonds is 1. The van der Waals surface area contributed by atoms with Crippen molar-refractivity contribution in [2.24, 2.45) is 0 Å². The van der Waals surface area contributed by atoms with Crippen molar-refractivity contribution < 1.29 is 0 Å². The van der Waals surface area contributed by atoms with Crippen LogP contribution in [0.2, 0.25) is 0 Å². The maximum atomic E-state index is 2.33. The van der Waals surface area contributed by atoms with Crippen LogP contribution in [-0.4, -0.2) is 24.3 Å². The molecule has 0 aromatic heterocycles. The zero-order chi connectivity index (χ0) is 14.3. The average molecular weight is 264 g/mol. The highest BCUT2D eigenvalue weighted by atomic mass is 28.1. The minimum atomic E-state index is 0.183. The largest absolute Gasteiger partial charge is 0.377 e. The van der Waals surface area contributed by atoms with Crippen LogP contribution in [0.3, 0.4) is 0 Å². The third-order valence-electron chi connectivity index (χ3n) is 3.37. The van der Waals surface area contributed by atoms with Crippen LogP contribution in [0.4, 0.5) is 5.69 Å². The van der Waals surface area contributed by atoms with E-state index in [2.05, 4.69) is 72.7 Å². The summed E-state index contributed by atoms with van der Waals surface area (Å²) in [4.78, 5) is 2.25. The fourth-order valence-corrected chi connectivity index (χ4v) is 3.96. The molecular formula is C16H29NSi. The Balaban J connectivity index is 3.73. The van der Waals surface area contributed by atoms with Gasteiger partial charge in [-0.15, -0.1) is 0 Å². The van der Waals surface area contributed by atoms with Crippen molar-refractivity contribution in [3.05, 3.63) is 23.3 Å². The van der Waals surface area contributed by atoms with Gasteiger partial charge in [-0.1, -0.05) is 52.8 Å². The monoisotopic (exact) mass is 263 g/mol. The lowest BCUT2D eigenvalue weighted by Crippen LogP contribution is -2.32. The highest BCUT2D eigenvalue weighted by molar-refractivity contribution is 6.33. The first kappa shape index (κ1) is 15.3. The van der Waals surface area contributed by atoms with Gasteiger partial charge in [0.25, 0.3) is 0 Å². The molecule has 0 saturated heterocycles. The number of anilines is 1. The number of benzene rings is 1. The summed E-state index contributed by atoms with van der Waals surface area (Å²) in [6, 6.07) is 4.61. The molecule has 18 heavy (non-hydrogen) atoms. The Labute approximate surface area is 116 Å². The molecule has 0 heterocycles. The van der Waals surface area contributed by atoms with Gasteiger partial charge in [0.1, 0.15) is 0 Å². The van der Waals surface area contributed by atoms with Crippen LogP contribution in [-0.2, 0) is 10.8 Å². The molecule has 0 radical (unpaired) electrons. The van der Waals surface area contributed by atoms with Crippen molar-refractivity contribution in [2.45, 2.75) is 52.4 Å². The smallest absolute Gasteiger partial charge is 0.0401 e. The lowest BCUT2D eigenvalue weighted by Gasteiger charge is -2.35. The second-order valence-electron chi connectivity index (χ2n) is 7.55. The van der Waals surface area contributed by atoms with Crippen molar-refractivity contribution in [1.82, 2.24) is 0 Å². The van der Waals surface area contributed by atoms with Gasteiger partial charge in [-0.2, -0.15) is 0 Å². The molecule has 0 bridgehead atoms. The van der Waals surface area contributed by atoms with E-state index in [1.165, 1.54) is 16.4 Å². The van der Waals surface area contributed by atoms with Crippen LogP contribution in [0.5, 0.6) is 0 Å². The van der Waals surface area contributed by atoms with Gasteiger partial charge in [-0.3, -0.25) is 0 Å². The molecule has 0 spiro atoms. The molecule has 102 valence electrons. The molecule has 1 aromatic carbocycles. The zero-order valence-corrected chi connectivity index (χ0v) is 15.6. The third-order valence-corrected chi connectivity index (χ3v) is 4.21. The predicted octanol–water partition coefficient (Wildman–Crippen LogP) is 2.34. The molecule has 1 aromatic rings. The molecule has 2 heteroatoms. The summed E-state index contributed by atoms with van der Waals surface area (Å²) in [5.41, 5.74) is 4.85. The fraction of sp³-hybridized carbons (Fsp3) is 0.625. The van der Waals surface area contributed by atoms with E-state index in [0.29, 0.717) is 0 Å². The molecule has 0 fully saturated rings. The maximum absolute atomic E-state index is 2.33. The van der Waals surface area contributed by atoms with Gasteiger partial charge < -0.3 is 4.90 Å². The van der Waals surface area contributed by atoms with Crippen LogP contribution in [0, 0.1) is 0 Å². The predicted molar refractivity (Wildman–Crippen MR) is 87.7 cm³/mol. The normalized spacial score (nSPS) is 12.9. The first-order valence-corrected chi connectivity index (χ1v) is 7.78. The van der Waals surface area contributed by atoms with E-state index in [1.54, 1.807) is 5.56 Å². The molecule has 0 saturated carbocycles. The second-order valence-corrected chi connectivity index (χ2v) is 8.62. The van der Waals surface area contributed by atoms with Gasteiger partial charge in [0.05, 0.1) is 0 Å². The maximum Gasteiger partial charge on any atom is 0.0401 e. The van der Waals surface area contributed by atoms with Crippen LogP contribution in [0.15, 0.2) is 12.1 Å². The van der Waals surface area contributed by atoms with Crippen molar-refractivity contribution in [3.63, 3.8) is 0 Å². The van der Waals surface area contributed by atoms with E-state index < -0.39 is 0 Å². The molecule has 0 aliphatic carbocycles. The van der Waals surface area contributed by atoms with E-state index in [9.17, 15) is 0 Å². The average Bonchev–Trinajstić information content (AvgIpc) is 2.13.